The van der Waals surface area contributed by atoms with Crippen LogP contribution in [0.15, 0.2) is 66.3 Å². The molecule has 2 aromatic rings. The summed E-state index contributed by atoms with van der Waals surface area (Å²) in [7, 11) is 0. The SMILES string of the molecule is C/C=C(C)/C=C/C[C@H]1C[C@@H](C)N(C(C)=O)c2ccc(-c3ccc(C(=O)O)cc3)cc21. The first-order chi connectivity index (χ1) is 14.3. The van der Waals surface area contributed by atoms with Gasteiger partial charge < -0.3 is 10.0 Å². The molecule has 0 aliphatic carbocycles. The normalized spacial score (nSPS) is 19.1. The summed E-state index contributed by atoms with van der Waals surface area (Å²) in [5, 5.41) is 9.14. The average Bonchev–Trinajstić information content (AvgIpc) is 2.73. The highest BCUT2D eigenvalue weighted by atomic mass is 16.4. The Hall–Kier alpha value is -3.14. The second kappa shape index (κ2) is 9.12. The van der Waals surface area contributed by atoms with Gasteiger partial charge in [0, 0.05) is 18.7 Å². The molecular formula is C26H29NO3. The van der Waals surface area contributed by atoms with Crippen molar-refractivity contribution in [2.75, 3.05) is 4.90 Å². The number of anilines is 1. The van der Waals surface area contributed by atoms with Gasteiger partial charge in [0.05, 0.1) is 5.56 Å². The van der Waals surface area contributed by atoms with Crippen molar-refractivity contribution in [2.45, 2.75) is 52.5 Å². The molecule has 0 spiro atoms. The first-order valence-electron chi connectivity index (χ1n) is 10.4. The number of nitrogens with zero attached hydrogens (tertiary/aromatic N) is 1. The molecule has 1 aliphatic rings. The van der Waals surface area contributed by atoms with Crippen LogP contribution in [-0.4, -0.2) is 23.0 Å². The highest BCUT2D eigenvalue weighted by Crippen LogP contribution is 2.42. The number of fused-ring (bicyclic) bond motifs is 1. The maximum atomic E-state index is 12.3. The van der Waals surface area contributed by atoms with Gasteiger partial charge in [-0.2, -0.15) is 0 Å². The number of hydrogen-bond donors (Lipinski definition) is 1. The van der Waals surface area contributed by atoms with E-state index in [2.05, 4.69) is 38.1 Å². The highest BCUT2D eigenvalue weighted by molar-refractivity contribution is 5.94. The molecular weight excluding hydrogens is 374 g/mol. The van der Waals surface area contributed by atoms with Crippen LogP contribution >= 0.6 is 0 Å². The van der Waals surface area contributed by atoms with E-state index < -0.39 is 5.97 Å². The number of allylic oxidation sites excluding steroid dienone is 4. The Morgan fingerprint density at radius 2 is 1.77 bits per heavy atom. The van der Waals surface area contributed by atoms with E-state index in [1.165, 1.54) is 11.1 Å². The minimum absolute atomic E-state index is 0.0565. The van der Waals surface area contributed by atoms with E-state index in [1.54, 1.807) is 19.1 Å². The van der Waals surface area contributed by atoms with Crippen LogP contribution in [0.25, 0.3) is 11.1 Å². The number of benzene rings is 2. The van der Waals surface area contributed by atoms with Gasteiger partial charge in [-0.05, 0) is 80.5 Å². The number of rotatable bonds is 5. The first-order valence-corrected chi connectivity index (χ1v) is 10.4. The number of carbonyl (C=O) groups is 2. The Morgan fingerprint density at radius 1 is 1.10 bits per heavy atom. The van der Waals surface area contributed by atoms with Gasteiger partial charge in [-0.3, -0.25) is 4.79 Å². The van der Waals surface area contributed by atoms with Gasteiger partial charge in [0.2, 0.25) is 5.91 Å². The summed E-state index contributed by atoms with van der Waals surface area (Å²) >= 11 is 0. The molecule has 3 rings (SSSR count). The minimum Gasteiger partial charge on any atom is -0.478 e. The summed E-state index contributed by atoms with van der Waals surface area (Å²) < 4.78 is 0. The molecule has 0 saturated carbocycles. The van der Waals surface area contributed by atoms with Crippen molar-refractivity contribution in [3.05, 3.63) is 77.4 Å². The Morgan fingerprint density at radius 3 is 2.37 bits per heavy atom. The maximum Gasteiger partial charge on any atom is 0.335 e. The molecule has 0 bridgehead atoms. The molecule has 156 valence electrons. The Balaban J connectivity index is 2.01. The molecule has 0 aromatic heterocycles. The molecule has 30 heavy (non-hydrogen) atoms. The van der Waals surface area contributed by atoms with Gasteiger partial charge in [-0.15, -0.1) is 0 Å². The van der Waals surface area contributed by atoms with Crippen LogP contribution in [-0.2, 0) is 4.79 Å². The fourth-order valence-electron chi connectivity index (χ4n) is 4.18. The van der Waals surface area contributed by atoms with Crippen molar-refractivity contribution >= 4 is 17.6 Å². The number of carboxylic acid groups (broad SMARTS) is 1. The summed E-state index contributed by atoms with van der Waals surface area (Å²) in [5.41, 5.74) is 5.66. The van der Waals surface area contributed by atoms with E-state index in [1.807, 2.05) is 36.1 Å². The van der Waals surface area contributed by atoms with Crippen molar-refractivity contribution in [2.24, 2.45) is 0 Å². The van der Waals surface area contributed by atoms with Gasteiger partial charge in [0.1, 0.15) is 0 Å². The van der Waals surface area contributed by atoms with Crippen LogP contribution in [0.1, 0.15) is 62.4 Å². The van der Waals surface area contributed by atoms with E-state index >= 15 is 0 Å². The van der Waals surface area contributed by atoms with Crippen molar-refractivity contribution < 1.29 is 14.7 Å². The summed E-state index contributed by atoms with van der Waals surface area (Å²) in [5.74, 6) is -0.549. The van der Waals surface area contributed by atoms with E-state index in [9.17, 15) is 9.59 Å². The zero-order valence-electron chi connectivity index (χ0n) is 18.1. The number of aromatic carboxylic acids is 1. The topological polar surface area (TPSA) is 57.6 Å². The van der Waals surface area contributed by atoms with Crippen LogP contribution in [0.5, 0.6) is 0 Å². The van der Waals surface area contributed by atoms with Gasteiger partial charge in [-0.25, -0.2) is 4.79 Å². The minimum atomic E-state index is -0.929. The summed E-state index contributed by atoms with van der Waals surface area (Å²) in [6.45, 7) is 7.85. The lowest BCUT2D eigenvalue weighted by molar-refractivity contribution is -0.117. The van der Waals surface area contributed by atoms with Crippen molar-refractivity contribution in [3.8, 4) is 11.1 Å². The predicted molar refractivity (Wildman–Crippen MR) is 122 cm³/mol. The molecule has 1 heterocycles. The van der Waals surface area contributed by atoms with E-state index in [0.29, 0.717) is 5.92 Å². The zero-order valence-corrected chi connectivity index (χ0v) is 18.1. The van der Waals surface area contributed by atoms with Crippen molar-refractivity contribution in [3.63, 3.8) is 0 Å². The lowest BCUT2D eigenvalue weighted by Crippen LogP contribution is -2.41. The molecule has 0 unspecified atom stereocenters. The standard InChI is InChI=1S/C26H29NO3/c1-5-17(2)7-6-8-23-15-18(3)27(19(4)28)25-14-13-22(16-24(23)25)20-9-11-21(12-10-20)26(29)30/h5-7,9-14,16,18,23H,8,15H2,1-4H3,(H,29,30)/b7-6+,17-5+/t18-,23+/m1/s1. The molecule has 0 saturated heterocycles. The second-order valence-corrected chi connectivity index (χ2v) is 8.00. The van der Waals surface area contributed by atoms with Crippen LogP contribution < -0.4 is 4.90 Å². The summed E-state index contributed by atoms with van der Waals surface area (Å²) in [6.07, 6.45) is 8.28. The van der Waals surface area contributed by atoms with E-state index in [-0.39, 0.29) is 17.5 Å². The maximum absolute atomic E-state index is 12.3. The number of carbonyl (C=O) groups excluding carboxylic acids is 1. The van der Waals surface area contributed by atoms with Gasteiger partial charge >= 0.3 is 5.97 Å². The fraction of sp³-hybridized carbons (Fsp3) is 0.308. The molecule has 1 amide bonds. The Labute approximate surface area is 178 Å². The molecule has 0 radical (unpaired) electrons. The average molecular weight is 404 g/mol. The quantitative estimate of drug-likeness (QED) is 0.605. The Kier molecular flexibility index (Phi) is 6.56. The van der Waals surface area contributed by atoms with Gasteiger partial charge in [0.15, 0.2) is 0 Å². The second-order valence-electron chi connectivity index (χ2n) is 8.00. The third-order valence-corrected chi connectivity index (χ3v) is 5.85. The summed E-state index contributed by atoms with van der Waals surface area (Å²) in [6, 6.07) is 13.3. The predicted octanol–water partition coefficient (Wildman–Crippen LogP) is 6.19. The number of carboxylic acids is 1. The van der Waals surface area contributed by atoms with Gasteiger partial charge in [0.25, 0.3) is 0 Å². The molecule has 2 aromatic carbocycles. The molecule has 2 atom stereocenters. The van der Waals surface area contributed by atoms with Crippen LogP contribution in [0.3, 0.4) is 0 Å². The van der Waals surface area contributed by atoms with Crippen LogP contribution in [0, 0.1) is 0 Å². The monoisotopic (exact) mass is 403 g/mol. The number of amides is 1. The van der Waals surface area contributed by atoms with E-state index in [4.69, 9.17) is 5.11 Å². The number of hydrogen-bond acceptors (Lipinski definition) is 2. The van der Waals surface area contributed by atoms with Crippen molar-refractivity contribution in [1.29, 1.82) is 0 Å². The molecule has 4 heteroatoms. The molecule has 1 aliphatic heterocycles. The fourth-order valence-corrected chi connectivity index (χ4v) is 4.18. The molecule has 1 N–H and O–H groups in total. The third kappa shape index (κ3) is 4.54. The Bertz CT molecular complexity index is 1000. The zero-order chi connectivity index (χ0) is 21.8. The first kappa shape index (κ1) is 21.6. The van der Waals surface area contributed by atoms with Crippen LogP contribution in [0.2, 0.25) is 0 Å². The largest absolute Gasteiger partial charge is 0.478 e. The molecule has 4 nitrogen and oxygen atoms in total. The highest BCUT2D eigenvalue weighted by Gasteiger charge is 2.32. The lowest BCUT2D eigenvalue weighted by atomic mass is 9.82. The van der Waals surface area contributed by atoms with Gasteiger partial charge in [-0.1, -0.05) is 42.0 Å². The lowest BCUT2D eigenvalue weighted by Gasteiger charge is -2.39. The third-order valence-electron chi connectivity index (χ3n) is 5.85. The summed E-state index contributed by atoms with van der Waals surface area (Å²) in [4.78, 5) is 25.4. The van der Waals surface area contributed by atoms with Crippen molar-refractivity contribution in [1.82, 2.24) is 0 Å². The molecule has 0 fully saturated rings. The van der Waals surface area contributed by atoms with E-state index in [0.717, 1.165) is 29.7 Å². The van der Waals surface area contributed by atoms with Crippen LogP contribution in [0.4, 0.5) is 5.69 Å². The smallest absolute Gasteiger partial charge is 0.335 e.